The highest BCUT2D eigenvalue weighted by molar-refractivity contribution is 5.95. The van der Waals surface area contributed by atoms with Crippen molar-refractivity contribution in [1.29, 1.82) is 0 Å². The molecule has 0 aromatic carbocycles. The Hall–Kier alpha value is -2.70. The molecule has 31 heavy (non-hydrogen) atoms. The van der Waals surface area contributed by atoms with Crippen molar-refractivity contribution in [3.05, 3.63) is 35.5 Å². The molecule has 4 atom stereocenters. The Morgan fingerprint density at radius 3 is 2.58 bits per heavy atom. The van der Waals surface area contributed by atoms with E-state index in [1.54, 1.807) is 12.2 Å². The first kappa shape index (κ1) is 23.0. The number of ketones is 1. The number of ether oxygens (including phenoxy) is 2. The molecule has 1 saturated heterocycles. The third kappa shape index (κ3) is 3.44. The molecular weight excluding hydrogens is 400 g/mol. The van der Waals surface area contributed by atoms with E-state index in [4.69, 9.17) is 14.6 Å². The van der Waals surface area contributed by atoms with Crippen LogP contribution in [0.1, 0.15) is 52.9 Å². The highest BCUT2D eigenvalue weighted by atomic mass is 16.5. The minimum absolute atomic E-state index is 0.0646. The van der Waals surface area contributed by atoms with Gasteiger partial charge in [0.15, 0.2) is 0 Å². The van der Waals surface area contributed by atoms with Crippen LogP contribution >= 0.6 is 0 Å². The number of esters is 2. The monoisotopic (exact) mass is 430 g/mol. The maximum Gasteiger partial charge on any atom is 0.333 e. The average molecular weight is 430 g/mol. The van der Waals surface area contributed by atoms with Gasteiger partial charge in [-0.15, -0.1) is 0 Å². The van der Waals surface area contributed by atoms with Crippen LogP contribution in [-0.4, -0.2) is 42.5 Å². The van der Waals surface area contributed by atoms with E-state index < -0.39 is 28.2 Å². The topological polar surface area (TPSA) is 107 Å². The molecule has 0 radical (unpaired) electrons. The summed E-state index contributed by atoms with van der Waals surface area (Å²) in [6.45, 7) is 5.12. The fraction of sp³-hybridized carbons (Fsp3) is 0.583. The molecule has 2 aliphatic carbocycles. The summed E-state index contributed by atoms with van der Waals surface area (Å²) in [7, 11) is 1.32. The number of carboxylic acid groups (broad SMARTS) is 1. The van der Waals surface area contributed by atoms with Crippen LogP contribution in [0.5, 0.6) is 0 Å². The first-order valence-electron chi connectivity index (χ1n) is 10.6. The summed E-state index contributed by atoms with van der Waals surface area (Å²) in [6.07, 6.45) is 8.97. The van der Waals surface area contributed by atoms with Gasteiger partial charge < -0.3 is 14.6 Å². The number of carboxylic acids is 1. The van der Waals surface area contributed by atoms with E-state index in [1.165, 1.54) is 27.0 Å². The van der Waals surface area contributed by atoms with E-state index in [2.05, 4.69) is 0 Å². The van der Waals surface area contributed by atoms with Crippen molar-refractivity contribution < 1.29 is 33.8 Å². The smallest absolute Gasteiger partial charge is 0.333 e. The number of aliphatic carboxylic acids is 1. The first-order valence-corrected chi connectivity index (χ1v) is 10.6. The first-order chi connectivity index (χ1) is 14.5. The number of carbonyl (C=O) groups is 4. The third-order valence-electron chi connectivity index (χ3n) is 7.73. The van der Waals surface area contributed by atoms with Crippen molar-refractivity contribution in [3.8, 4) is 0 Å². The number of cyclic esters (lactones) is 1. The maximum absolute atomic E-state index is 13.4. The van der Waals surface area contributed by atoms with E-state index in [9.17, 15) is 19.2 Å². The van der Waals surface area contributed by atoms with Gasteiger partial charge in [-0.3, -0.25) is 9.59 Å². The van der Waals surface area contributed by atoms with Crippen molar-refractivity contribution in [3.63, 3.8) is 0 Å². The summed E-state index contributed by atoms with van der Waals surface area (Å²) in [5.74, 6) is -2.07. The molecule has 1 aliphatic heterocycles. The molecule has 168 valence electrons. The number of Topliss-reactive ketones (excluding diaryl/α,β-unsaturated/α-hetero) is 1. The van der Waals surface area contributed by atoms with Gasteiger partial charge in [-0.25, -0.2) is 9.59 Å². The normalized spacial score (nSPS) is 35.5. The number of methoxy groups -OCH3 is 1. The Labute approximate surface area is 182 Å². The fourth-order valence-corrected chi connectivity index (χ4v) is 6.07. The predicted molar refractivity (Wildman–Crippen MR) is 112 cm³/mol. The zero-order valence-electron chi connectivity index (χ0n) is 18.5. The summed E-state index contributed by atoms with van der Waals surface area (Å²) in [6, 6.07) is 0. The number of hydrogen-bond acceptors (Lipinski definition) is 6. The largest absolute Gasteiger partial charge is 0.478 e. The van der Waals surface area contributed by atoms with E-state index >= 15 is 0 Å². The van der Waals surface area contributed by atoms with Crippen LogP contribution in [0.3, 0.4) is 0 Å². The number of carbonyl (C=O) groups excluding carboxylic acids is 3. The predicted octanol–water partition coefficient (Wildman–Crippen LogP) is 3.39. The van der Waals surface area contributed by atoms with Crippen LogP contribution in [0.2, 0.25) is 0 Å². The van der Waals surface area contributed by atoms with Gasteiger partial charge in [-0.1, -0.05) is 31.2 Å². The average Bonchev–Trinajstić information content (AvgIpc) is 2.94. The van der Waals surface area contributed by atoms with Gasteiger partial charge in [0.1, 0.15) is 12.4 Å². The van der Waals surface area contributed by atoms with Crippen molar-refractivity contribution in [2.45, 2.75) is 52.9 Å². The van der Waals surface area contributed by atoms with Gasteiger partial charge in [-0.2, -0.15) is 0 Å². The molecule has 0 spiro atoms. The molecule has 0 aromatic rings. The van der Waals surface area contributed by atoms with Gasteiger partial charge in [0.25, 0.3) is 0 Å². The van der Waals surface area contributed by atoms with Crippen LogP contribution in [0, 0.1) is 22.2 Å². The second kappa shape index (κ2) is 8.09. The lowest BCUT2D eigenvalue weighted by Gasteiger charge is -2.46. The molecule has 2 bridgehead atoms. The Morgan fingerprint density at radius 1 is 1.26 bits per heavy atom. The molecule has 3 rings (SSSR count). The van der Waals surface area contributed by atoms with Gasteiger partial charge in [-0.05, 0) is 51.9 Å². The minimum Gasteiger partial charge on any atom is -0.478 e. The van der Waals surface area contributed by atoms with Crippen LogP contribution < -0.4 is 0 Å². The van der Waals surface area contributed by atoms with Crippen molar-refractivity contribution in [2.75, 3.05) is 13.7 Å². The highest BCUT2D eigenvalue weighted by Crippen LogP contribution is 2.68. The molecule has 1 heterocycles. The van der Waals surface area contributed by atoms with Crippen LogP contribution in [0.15, 0.2) is 35.5 Å². The fourth-order valence-electron chi connectivity index (χ4n) is 6.07. The zero-order chi connectivity index (χ0) is 23.0. The molecule has 3 aliphatic rings. The summed E-state index contributed by atoms with van der Waals surface area (Å²) >= 11 is 0. The van der Waals surface area contributed by atoms with E-state index in [0.29, 0.717) is 31.3 Å². The lowest BCUT2D eigenvalue weighted by molar-refractivity contribution is -0.165. The quantitative estimate of drug-likeness (QED) is 0.405. The second-order valence-electron chi connectivity index (χ2n) is 9.22. The Bertz CT molecular complexity index is 911. The Balaban J connectivity index is 2.11. The SMILES string of the molecule is COC(=O)C1=CC[C@@]23CC[C@@H]([C@@](C)(/C=C/C=C(\C)C(=O)O)COC2=O)[C@@]3(C(C)=O)CC1. The molecule has 7 heteroatoms. The minimum atomic E-state index is -1.01. The van der Waals surface area contributed by atoms with E-state index in [-0.39, 0.29) is 36.3 Å². The number of hydrogen-bond donors (Lipinski definition) is 1. The Kier molecular flexibility index (Phi) is 6.00. The van der Waals surface area contributed by atoms with Crippen LogP contribution in [0.25, 0.3) is 0 Å². The molecule has 2 fully saturated rings. The summed E-state index contributed by atoms with van der Waals surface area (Å²) in [5, 5.41) is 9.10. The summed E-state index contributed by atoms with van der Waals surface area (Å²) in [4.78, 5) is 50.0. The standard InChI is InChI=1S/C24H30O7/c1-15(19(26)27)6-5-10-22(3)14-31-21(29)23-11-7-17(20(28)30-4)8-13-24(23,16(2)25)18(22)9-12-23/h5-7,10,18H,8-9,11-14H2,1-4H3,(H,26,27)/b10-5+,15-6+/t18-,22-,23+,24-/m0/s1. The van der Waals surface area contributed by atoms with Gasteiger partial charge in [0.05, 0.1) is 12.5 Å². The summed E-state index contributed by atoms with van der Waals surface area (Å²) in [5.41, 5.74) is -1.94. The summed E-state index contributed by atoms with van der Waals surface area (Å²) < 4.78 is 10.6. The zero-order valence-corrected chi connectivity index (χ0v) is 18.5. The van der Waals surface area contributed by atoms with Gasteiger partial charge >= 0.3 is 17.9 Å². The molecule has 1 saturated carbocycles. The lowest BCUT2D eigenvalue weighted by Crippen LogP contribution is -2.51. The van der Waals surface area contributed by atoms with E-state index in [0.717, 1.165) is 0 Å². The Morgan fingerprint density at radius 2 is 1.97 bits per heavy atom. The van der Waals surface area contributed by atoms with Crippen molar-refractivity contribution >= 4 is 23.7 Å². The van der Waals surface area contributed by atoms with Crippen molar-refractivity contribution in [1.82, 2.24) is 0 Å². The second-order valence-corrected chi connectivity index (χ2v) is 9.22. The molecular formula is C24H30O7. The lowest BCUT2D eigenvalue weighted by atomic mass is 9.53. The van der Waals surface area contributed by atoms with Gasteiger partial charge in [0.2, 0.25) is 0 Å². The van der Waals surface area contributed by atoms with E-state index in [1.807, 2.05) is 13.0 Å². The molecule has 0 aromatic heterocycles. The van der Waals surface area contributed by atoms with Gasteiger partial charge in [0, 0.05) is 22.0 Å². The number of allylic oxidation sites excluding steroid dienone is 3. The van der Waals surface area contributed by atoms with Crippen LogP contribution in [0.4, 0.5) is 0 Å². The molecule has 0 unspecified atom stereocenters. The molecule has 7 nitrogen and oxygen atoms in total. The third-order valence-corrected chi connectivity index (χ3v) is 7.73. The molecule has 0 amide bonds. The number of rotatable bonds is 5. The van der Waals surface area contributed by atoms with Crippen LogP contribution in [-0.2, 0) is 28.7 Å². The highest BCUT2D eigenvalue weighted by Gasteiger charge is 2.71. The molecule has 1 N–H and O–H groups in total. The maximum atomic E-state index is 13.4. The van der Waals surface area contributed by atoms with Crippen molar-refractivity contribution in [2.24, 2.45) is 22.2 Å².